The molecule has 9 heteroatoms. The molecule has 0 radical (unpaired) electrons. The minimum Gasteiger partial charge on any atom is -0.480 e. The smallest absolute Gasteiger partial charge is 0.435 e. The summed E-state index contributed by atoms with van der Waals surface area (Å²) in [5, 5.41) is 17.9. The van der Waals surface area contributed by atoms with E-state index in [1.807, 2.05) is 0 Å². The van der Waals surface area contributed by atoms with Crippen LogP contribution in [0.4, 0.5) is 13.2 Å². The summed E-state index contributed by atoms with van der Waals surface area (Å²) in [6, 6.07) is 5.13. The van der Waals surface area contributed by atoms with E-state index in [1.54, 1.807) is 18.2 Å². The van der Waals surface area contributed by atoms with Crippen molar-refractivity contribution in [1.29, 1.82) is 0 Å². The summed E-state index contributed by atoms with van der Waals surface area (Å²) < 4.78 is 38.1. The van der Waals surface area contributed by atoms with Crippen LogP contribution in [0.2, 0.25) is 5.02 Å². The zero-order valence-electron chi connectivity index (χ0n) is 11.9. The van der Waals surface area contributed by atoms with Gasteiger partial charge in [-0.25, -0.2) is 0 Å². The topological polar surface area (TPSA) is 78.0 Å². The first-order valence-electron chi connectivity index (χ1n) is 6.53. The summed E-state index contributed by atoms with van der Waals surface area (Å²) >= 11 is 5.83. The summed E-state index contributed by atoms with van der Waals surface area (Å²) in [5.41, 5.74) is -0.507. The van der Waals surface area contributed by atoms with Gasteiger partial charge in [0.05, 0.1) is 5.69 Å². The first-order valence-corrected chi connectivity index (χ1v) is 6.90. The van der Waals surface area contributed by atoms with E-state index < -0.39 is 23.9 Å². The number of halogens is 4. The fourth-order valence-corrected chi connectivity index (χ4v) is 2.32. The molecular formula is C14H13ClF3N3O2. The van der Waals surface area contributed by atoms with Crippen LogP contribution in [-0.2, 0) is 17.5 Å². The fourth-order valence-electron chi connectivity index (χ4n) is 2.12. The number of H-pyrrole nitrogens is 1. The molecule has 124 valence electrons. The van der Waals surface area contributed by atoms with Crippen molar-refractivity contribution in [3.05, 3.63) is 51.8 Å². The first kappa shape index (κ1) is 17.3. The SMILES string of the molecule is Cc1c(C(F)(F)F)n[nH]c1CNC(C(=O)O)c1cccc(Cl)c1. The third-order valence-corrected chi connectivity index (χ3v) is 3.53. The van der Waals surface area contributed by atoms with Gasteiger partial charge in [0, 0.05) is 17.1 Å². The molecule has 23 heavy (non-hydrogen) atoms. The molecule has 0 fully saturated rings. The number of rotatable bonds is 5. The van der Waals surface area contributed by atoms with Crippen molar-refractivity contribution in [2.75, 3.05) is 0 Å². The predicted molar refractivity (Wildman–Crippen MR) is 77.0 cm³/mol. The number of benzene rings is 1. The van der Waals surface area contributed by atoms with Gasteiger partial charge < -0.3 is 5.11 Å². The quantitative estimate of drug-likeness (QED) is 0.775. The van der Waals surface area contributed by atoms with Crippen LogP contribution in [0.3, 0.4) is 0 Å². The lowest BCUT2D eigenvalue weighted by molar-refractivity contribution is -0.142. The van der Waals surface area contributed by atoms with Gasteiger partial charge in [0.15, 0.2) is 5.69 Å². The highest BCUT2D eigenvalue weighted by molar-refractivity contribution is 6.30. The van der Waals surface area contributed by atoms with Crippen molar-refractivity contribution in [3.8, 4) is 0 Å². The number of alkyl halides is 3. The van der Waals surface area contributed by atoms with Gasteiger partial charge in [0.1, 0.15) is 6.04 Å². The molecule has 0 aliphatic rings. The molecule has 3 N–H and O–H groups in total. The number of hydrogen-bond donors (Lipinski definition) is 3. The van der Waals surface area contributed by atoms with Gasteiger partial charge in [-0.3, -0.25) is 15.2 Å². The lowest BCUT2D eigenvalue weighted by atomic mass is 10.1. The molecular weight excluding hydrogens is 335 g/mol. The van der Waals surface area contributed by atoms with E-state index in [-0.39, 0.29) is 17.8 Å². The van der Waals surface area contributed by atoms with Gasteiger partial charge in [-0.05, 0) is 24.6 Å². The Kier molecular flexibility index (Phi) is 4.96. The maximum absolute atomic E-state index is 12.7. The zero-order chi connectivity index (χ0) is 17.2. The van der Waals surface area contributed by atoms with Crippen LogP contribution in [-0.4, -0.2) is 21.3 Å². The van der Waals surface area contributed by atoms with E-state index in [0.29, 0.717) is 10.6 Å². The number of carbonyl (C=O) groups is 1. The molecule has 1 atom stereocenters. The van der Waals surface area contributed by atoms with Gasteiger partial charge in [-0.2, -0.15) is 18.3 Å². The highest BCUT2D eigenvalue weighted by Crippen LogP contribution is 2.31. The Labute approximate surface area is 134 Å². The molecule has 2 rings (SSSR count). The van der Waals surface area contributed by atoms with E-state index in [0.717, 1.165) is 0 Å². The van der Waals surface area contributed by atoms with Crippen molar-refractivity contribution >= 4 is 17.6 Å². The van der Waals surface area contributed by atoms with Crippen molar-refractivity contribution in [2.45, 2.75) is 25.7 Å². The molecule has 0 amide bonds. The van der Waals surface area contributed by atoms with Gasteiger partial charge in [-0.15, -0.1) is 0 Å². The van der Waals surface area contributed by atoms with Crippen molar-refractivity contribution in [2.24, 2.45) is 0 Å². The molecule has 0 spiro atoms. The number of aromatic nitrogens is 2. The number of hydrogen-bond acceptors (Lipinski definition) is 3. The van der Waals surface area contributed by atoms with Crippen LogP contribution in [0.1, 0.15) is 28.6 Å². The molecule has 1 aromatic carbocycles. The van der Waals surface area contributed by atoms with Gasteiger partial charge in [0.25, 0.3) is 0 Å². The van der Waals surface area contributed by atoms with Crippen LogP contribution in [0, 0.1) is 6.92 Å². The lowest BCUT2D eigenvalue weighted by Crippen LogP contribution is -2.28. The minimum absolute atomic E-state index is 0.0692. The van der Waals surface area contributed by atoms with Crippen LogP contribution < -0.4 is 5.32 Å². The van der Waals surface area contributed by atoms with Crippen molar-refractivity contribution < 1.29 is 23.1 Å². The Morgan fingerprint density at radius 1 is 1.48 bits per heavy atom. The molecule has 0 aliphatic heterocycles. The summed E-state index contributed by atoms with van der Waals surface area (Å²) in [4.78, 5) is 11.4. The molecule has 0 saturated heterocycles. The number of aromatic amines is 1. The van der Waals surface area contributed by atoms with Crippen molar-refractivity contribution in [1.82, 2.24) is 15.5 Å². The Bertz CT molecular complexity index is 716. The predicted octanol–water partition coefficient (Wildman–Crippen LogP) is 3.31. The Morgan fingerprint density at radius 3 is 2.70 bits per heavy atom. The van der Waals surface area contributed by atoms with Gasteiger partial charge in [-0.1, -0.05) is 23.7 Å². The normalized spacial score (nSPS) is 13.1. The van der Waals surface area contributed by atoms with Crippen LogP contribution in [0.15, 0.2) is 24.3 Å². The second-order valence-corrected chi connectivity index (χ2v) is 5.32. The monoisotopic (exact) mass is 347 g/mol. The average molecular weight is 348 g/mol. The highest BCUT2D eigenvalue weighted by Gasteiger charge is 2.36. The maximum Gasteiger partial charge on any atom is 0.435 e. The average Bonchev–Trinajstić information content (AvgIpc) is 2.80. The molecule has 5 nitrogen and oxygen atoms in total. The largest absolute Gasteiger partial charge is 0.480 e. The molecule has 1 heterocycles. The standard InChI is InChI=1S/C14H13ClF3N3O2/c1-7-10(20-21-12(7)14(16,17)18)6-19-11(13(22)23)8-3-2-4-9(15)5-8/h2-5,11,19H,6H2,1H3,(H,20,21)(H,22,23). The molecule has 0 bridgehead atoms. The Morgan fingerprint density at radius 2 is 2.17 bits per heavy atom. The second-order valence-electron chi connectivity index (χ2n) is 4.88. The van der Waals surface area contributed by atoms with E-state index in [1.165, 1.54) is 13.0 Å². The maximum atomic E-state index is 12.7. The molecule has 1 unspecified atom stereocenters. The van der Waals surface area contributed by atoms with Crippen LogP contribution in [0.5, 0.6) is 0 Å². The summed E-state index contributed by atoms with van der Waals surface area (Å²) in [5.74, 6) is -1.17. The van der Waals surface area contributed by atoms with E-state index >= 15 is 0 Å². The van der Waals surface area contributed by atoms with E-state index in [4.69, 9.17) is 11.6 Å². The Hall–Kier alpha value is -2.06. The number of carboxylic acids is 1. The van der Waals surface area contributed by atoms with Gasteiger partial charge >= 0.3 is 12.1 Å². The molecule has 2 aromatic rings. The lowest BCUT2D eigenvalue weighted by Gasteiger charge is -2.15. The number of nitrogens with zero attached hydrogens (tertiary/aromatic N) is 1. The van der Waals surface area contributed by atoms with Crippen LogP contribution >= 0.6 is 11.6 Å². The second kappa shape index (κ2) is 6.59. The zero-order valence-corrected chi connectivity index (χ0v) is 12.7. The van der Waals surface area contributed by atoms with Crippen molar-refractivity contribution in [3.63, 3.8) is 0 Å². The van der Waals surface area contributed by atoms with Gasteiger partial charge in [0.2, 0.25) is 0 Å². The molecule has 0 aliphatic carbocycles. The third-order valence-electron chi connectivity index (χ3n) is 3.29. The summed E-state index contributed by atoms with van der Waals surface area (Å²) in [6.07, 6.45) is -4.56. The fraction of sp³-hybridized carbons (Fsp3) is 0.286. The molecule has 0 saturated carbocycles. The number of nitrogens with one attached hydrogen (secondary N) is 2. The molecule has 1 aromatic heterocycles. The minimum atomic E-state index is -4.56. The van der Waals surface area contributed by atoms with E-state index in [2.05, 4.69) is 15.5 Å². The summed E-state index contributed by atoms with van der Waals surface area (Å²) in [7, 11) is 0. The third kappa shape index (κ3) is 4.02. The number of carboxylic acid groups (broad SMARTS) is 1. The highest BCUT2D eigenvalue weighted by atomic mass is 35.5. The first-order chi connectivity index (χ1) is 10.7. The summed E-state index contributed by atoms with van der Waals surface area (Å²) in [6.45, 7) is 1.16. The number of aliphatic carboxylic acids is 1. The Balaban J connectivity index is 2.17. The van der Waals surface area contributed by atoms with E-state index in [9.17, 15) is 23.1 Å². The van der Waals surface area contributed by atoms with Crippen LogP contribution in [0.25, 0.3) is 0 Å².